The van der Waals surface area contributed by atoms with Crippen LogP contribution in [0.1, 0.15) is 12.0 Å². The number of rotatable bonds is 7. The van der Waals surface area contributed by atoms with Gasteiger partial charge in [0.25, 0.3) is 0 Å². The number of ether oxygens (including phenoxy) is 1. The SMILES string of the molecule is COc1ccc(CN(C)CCCN(C)C)c(N)c1. The van der Waals surface area contributed by atoms with Crippen molar-refractivity contribution in [3.63, 3.8) is 0 Å². The Morgan fingerprint density at radius 1 is 1.17 bits per heavy atom. The first-order chi connectivity index (χ1) is 8.52. The van der Waals surface area contributed by atoms with Gasteiger partial charge >= 0.3 is 0 Å². The maximum Gasteiger partial charge on any atom is 0.120 e. The molecule has 0 unspecified atom stereocenters. The molecule has 0 atom stereocenters. The highest BCUT2D eigenvalue weighted by molar-refractivity contribution is 5.51. The number of nitrogen functional groups attached to an aromatic ring is 1. The minimum Gasteiger partial charge on any atom is -0.497 e. The molecule has 1 aromatic rings. The standard InChI is InChI=1S/C14H25N3O/c1-16(2)8-5-9-17(3)11-12-6-7-13(18-4)10-14(12)15/h6-7,10H,5,8-9,11,15H2,1-4H3. The largest absolute Gasteiger partial charge is 0.497 e. The summed E-state index contributed by atoms with van der Waals surface area (Å²) in [4.78, 5) is 4.50. The maximum atomic E-state index is 6.01. The lowest BCUT2D eigenvalue weighted by Gasteiger charge is -2.19. The van der Waals surface area contributed by atoms with Crippen LogP contribution in [0.15, 0.2) is 18.2 Å². The Kier molecular flexibility index (Phi) is 5.95. The molecule has 2 N–H and O–H groups in total. The molecule has 0 aliphatic carbocycles. The van der Waals surface area contributed by atoms with E-state index in [4.69, 9.17) is 10.5 Å². The third-order valence-corrected chi connectivity index (χ3v) is 2.94. The van der Waals surface area contributed by atoms with E-state index in [0.717, 1.165) is 36.6 Å². The molecule has 0 saturated carbocycles. The quantitative estimate of drug-likeness (QED) is 0.748. The highest BCUT2D eigenvalue weighted by Crippen LogP contribution is 2.20. The molecular formula is C14H25N3O. The monoisotopic (exact) mass is 251 g/mol. The molecule has 4 nitrogen and oxygen atoms in total. The zero-order valence-electron chi connectivity index (χ0n) is 11.9. The van der Waals surface area contributed by atoms with Gasteiger partial charge in [0.1, 0.15) is 5.75 Å². The van der Waals surface area contributed by atoms with Crippen LogP contribution in [0.3, 0.4) is 0 Å². The van der Waals surface area contributed by atoms with E-state index >= 15 is 0 Å². The normalized spacial score (nSPS) is 11.2. The smallest absolute Gasteiger partial charge is 0.120 e. The lowest BCUT2D eigenvalue weighted by Crippen LogP contribution is -2.23. The van der Waals surface area contributed by atoms with Crippen LogP contribution in [-0.4, -0.2) is 51.1 Å². The average molecular weight is 251 g/mol. The number of hydrogen-bond donors (Lipinski definition) is 1. The van der Waals surface area contributed by atoms with Gasteiger partial charge in [-0.25, -0.2) is 0 Å². The van der Waals surface area contributed by atoms with E-state index in [-0.39, 0.29) is 0 Å². The number of hydrogen-bond acceptors (Lipinski definition) is 4. The van der Waals surface area contributed by atoms with E-state index in [1.54, 1.807) is 7.11 Å². The number of benzene rings is 1. The van der Waals surface area contributed by atoms with E-state index in [0.29, 0.717) is 0 Å². The predicted octanol–water partition coefficient (Wildman–Crippen LogP) is 1.66. The Balaban J connectivity index is 2.46. The van der Waals surface area contributed by atoms with Crippen LogP contribution in [0.5, 0.6) is 5.75 Å². The summed E-state index contributed by atoms with van der Waals surface area (Å²) in [6, 6.07) is 5.87. The van der Waals surface area contributed by atoms with Gasteiger partial charge in [0.05, 0.1) is 7.11 Å². The van der Waals surface area contributed by atoms with Gasteiger partial charge < -0.3 is 20.3 Å². The minimum absolute atomic E-state index is 0.800. The van der Waals surface area contributed by atoms with E-state index < -0.39 is 0 Å². The van der Waals surface area contributed by atoms with E-state index in [9.17, 15) is 0 Å². The van der Waals surface area contributed by atoms with Crippen LogP contribution >= 0.6 is 0 Å². The summed E-state index contributed by atoms with van der Waals surface area (Å²) < 4.78 is 5.15. The lowest BCUT2D eigenvalue weighted by molar-refractivity contribution is 0.295. The van der Waals surface area contributed by atoms with Crippen molar-refractivity contribution in [2.24, 2.45) is 0 Å². The van der Waals surface area contributed by atoms with Crippen LogP contribution in [0.2, 0.25) is 0 Å². The van der Waals surface area contributed by atoms with Crippen molar-refractivity contribution < 1.29 is 4.74 Å². The molecule has 0 aliphatic heterocycles. The van der Waals surface area contributed by atoms with Gasteiger partial charge in [-0.3, -0.25) is 0 Å². The second-order valence-electron chi connectivity index (χ2n) is 4.96. The molecule has 0 saturated heterocycles. The first kappa shape index (κ1) is 14.8. The van der Waals surface area contributed by atoms with Crippen LogP contribution in [0, 0.1) is 0 Å². The molecule has 0 fully saturated rings. The zero-order chi connectivity index (χ0) is 13.5. The molecule has 102 valence electrons. The van der Waals surface area contributed by atoms with Gasteiger partial charge in [-0.05, 0) is 52.3 Å². The van der Waals surface area contributed by atoms with Gasteiger partial charge in [0.15, 0.2) is 0 Å². The fourth-order valence-corrected chi connectivity index (χ4v) is 1.87. The van der Waals surface area contributed by atoms with Gasteiger partial charge in [-0.2, -0.15) is 0 Å². The minimum atomic E-state index is 0.800. The van der Waals surface area contributed by atoms with Crippen molar-refractivity contribution in [3.8, 4) is 5.75 Å². The second kappa shape index (κ2) is 7.24. The Bertz CT molecular complexity index is 366. The van der Waals surface area contributed by atoms with Crippen LogP contribution in [0.25, 0.3) is 0 Å². The summed E-state index contributed by atoms with van der Waals surface area (Å²) in [5.41, 5.74) is 7.96. The molecule has 0 radical (unpaired) electrons. The molecular weight excluding hydrogens is 226 g/mol. The first-order valence-electron chi connectivity index (χ1n) is 6.28. The molecule has 0 bridgehead atoms. The molecule has 0 heterocycles. The highest BCUT2D eigenvalue weighted by atomic mass is 16.5. The van der Waals surface area contributed by atoms with Crippen molar-refractivity contribution in [3.05, 3.63) is 23.8 Å². The van der Waals surface area contributed by atoms with Gasteiger partial charge in [-0.15, -0.1) is 0 Å². The summed E-state index contributed by atoms with van der Waals surface area (Å²) >= 11 is 0. The van der Waals surface area contributed by atoms with Crippen molar-refractivity contribution in [2.45, 2.75) is 13.0 Å². The Labute approximate surface area is 110 Å². The summed E-state index contributed by atoms with van der Waals surface area (Å²) in [5.74, 6) is 0.812. The van der Waals surface area contributed by atoms with E-state index in [1.807, 2.05) is 18.2 Å². The molecule has 0 aromatic heterocycles. The summed E-state index contributed by atoms with van der Waals surface area (Å²) in [6.45, 7) is 3.06. The Morgan fingerprint density at radius 2 is 1.89 bits per heavy atom. The molecule has 0 spiro atoms. The molecule has 1 rings (SSSR count). The third-order valence-electron chi connectivity index (χ3n) is 2.94. The fraction of sp³-hybridized carbons (Fsp3) is 0.571. The first-order valence-corrected chi connectivity index (χ1v) is 6.28. The van der Waals surface area contributed by atoms with Gasteiger partial charge in [0.2, 0.25) is 0 Å². The van der Waals surface area contributed by atoms with Crippen LogP contribution in [0.4, 0.5) is 5.69 Å². The topological polar surface area (TPSA) is 41.7 Å². The third kappa shape index (κ3) is 4.94. The van der Waals surface area contributed by atoms with Crippen LogP contribution in [-0.2, 0) is 6.54 Å². The Morgan fingerprint density at radius 3 is 2.44 bits per heavy atom. The molecule has 18 heavy (non-hydrogen) atoms. The van der Waals surface area contributed by atoms with Gasteiger partial charge in [0, 0.05) is 18.3 Å². The average Bonchev–Trinajstić information content (AvgIpc) is 2.31. The predicted molar refractivity (Wildman–Crippen MR) is 76.9 cm³/mol. The number of nitrogens with two attached hydrogens (primary N) is 1. The number of nitrogens with zero attached hydrogens (tertiary/aromatic N) is 2. The molecule has 1 aromatic carbocycles. The summed E-state index contributed by atoms with van der Waals surface area (Å²) in [6.07, 6.45) is 1.17. The van der Waals surface area contributed by atoms with E-state index in [2.05, 4.69) is 30.9 Å². The number of anilines is 1. The summed E-state index contributed by atoms with van der Waals surface area (Å²) in [7, 11) is 7.98. The van der Waals surface area contributed by atoms with E-state index in [1.165, 1.54) is 6.42 Å². The Hall–Kier alpha value is -1.26. The lowest BCUT2D eigenvalue weighted by atomic mass is 10.1. The number of methoxy groups -OCH3 is 1. The van der Waals surface area contributed by atoms with Crippen molar-refractivity contribution in [1.29, 1.82) is 0 Å². The molecule has 0 amide bonds. The van der Waals surface area contributed by atoms with Gasteiger partial charge in [-0.1, -0.05) is 6.07 Å². The van der Waals surface area contributed by atoms with Crippen molar-refractivity contribution in [2.75, 3.05) is 47.1 Å². The van der Waals surface area contributed by atoms with Crippen molar-refractivity contribution in [1.82, 2.24) is 9.80 Å². The molecule has 0 aliphatic rings. The molecule has 4 heteroatoms. The second-order valence-corrected chi connectivity index (χ2v) is 4.96. The van der Waals surface area contributed by atoms with Crippen LogP contribution < -0.4 is 10.5 Å². The fourth-order valence-electron chi connectivity index (χ4n) is 1.87. The zero-order valence-corrected chi connectivity index (χ0v) is 11.9. The highest BCUT2D eigenvalue weighted by Gasteiger charge is 2.05. The van der Waals surface area contributed by atoms with Crippen molar-refractivity contribution >= 4 is 5.69 Å². The summed E-state index contributed by atoms with van der Waals surface area (Å²) in [5, 5.41) is 0. The maximum absolute atomic E-state index is 6.01.